The molecule has 2 heterocycles. The maximum absolute atomic E-state index is 14.2. The predicted octanol–water partition coefficient (Wildman–Crippen LogP) is 6.10. The molecule has 0 aromatic heterocycles. The fourth-order valence-corrected chi connectivity index (χ4v) is 6.90. The molecule has 1 atom stereocenters. The van der Waals surface area contributed by atoms with Gasteiger partial charge in [-0.15, -0.1) is 0 Å². The number of fused-ring (bicyclic) bond motifs is 1. The summed E-state index contributed by atoms with van der Waals surface area (Å²) in [5.74, 6) is -0.210. The summed E-state index contributed by atoms with van der Waals surface area (Å²) in [6.45, 7) is 7.25. The average Bonchev–Trinajstić information content (AvgIpc) is 3.21. The molecule has 2 fully saturated rings. The summed E-state index contributed by atoms with van der Waals surface area (Å²) in [4.78, 5) is 46.4. The van der Waals surface area contributed by atoms with Crippen LogP contribution < -0.4 is 5.32 Å². The van der Waals surface area contributed by atoms with Gasteiger partial charge in [0.2, 0.25) is 11.8 Å². The molecule has 8 nitrogen and oxygen atoms in total. The molecule has 0 radical (unpaired) electrons. The van der Waals surface area contributed by atoms with E-state index >= 15 is 0 Å². The molecule has 1 unspecified atom stereocenters. The van der Waals surface area contributed by atoms with Gasteiger partial charge < -0.3 is 19.9 Å². The number of nitrogens with zero attached hydrogens (tertiary/aromatic N) is 3. The third-order valence-electron chi connectivity index (χ3n) is 8.50. The summed E-state index contributed by atoms with van der Waals surface area (Å²) in [6, 6.07) is 13.1. The highest BCUT2D eigenvalue weighted by Gasteiger charge is 2.54. The SMILES string of the molecule is CC(C)(C)OC(=O)N1CCN(C(=O)CN(C2CCCCC2)C2(Cc3cccc(Cl)c3)C(=O)Nc3cc(Cl)ccc32)CC1. The van der Waals surface area contributed by atoms with Crippen LogP contribution in [0.4, 0.5) is 10.5 Å². The van der Waals surface area contributed by atoms with Crippen LogP contribution in [0.25, 0.3) is 0 Å². The lowest BCUT2D eigenvalue weighted by molar-refractivity contribution is -0.141. The second kappa shape index (κ2) is 12.4. The second-order valence-corrected chi connectivity index (χ2v) is 13.5. The topological polar surface area (TPSA) is 82.2 Å². The molecular weight excluding hydrogens is 575 g/mol. The molecule has 2 aromatic carbocycles. The third kappa shape index (κ3) is 6.56. The van der Waals surface area contributed by atoms with Crippen molar-refractivity contribution in [2.24, 2.45) is 0 Å². The van der Waals surface area contributed by atoms with Gasteiger partial charge in [-0.1, -0.05) is 60.7 Å². The van der Waals surface area contributed by atoms with E-state index < -0.39 is 11.1 Å². The van der Waals surface area contributed by atoms with Gasteiger partial charge in [-0.3, -0.25) is 14.5 Å². The Labute approximate surface area is 258 Å². The van der Waals surface area contributed by atoms with Crippen LogP contribution in [0.5, 0.6) is 0 Å². The molecule has 1 saturated heterocycles. The molecule has 0 spiro atoms. The van der Waals surface area contributed by atoms with Crippen LogP contribution in [0, 0.1) is 0 Å². The molecule has 2 aliphatic heterocycles. The molecule has 1 saturated carbocycles. The summed E-state index contributed by atoms with van der Waals surface area (Å²) < 4.78 is 5.53. The minimum absolute atomic E-state index is 0.0508. The van der Waals surface area contributed by atoms with Gasteiger partial charge in [0, 0.05) is 59.9 Å². The number of halogens is 2. The third-order valence-corrected chi connectivity index (χ3v) is 8.97. The Morgan fingerprint density at radius 1 is 0.976 bits per heavy atom. The number of benzene rings is 2. The van der Waals surface area contributed by atoms with Crippen molar-refractivity contribution in [1.82, 2.24) is 14.7 Å². The van der Waals surface area contributed by atoms with Gasteiger partial charge in [-0.25, -0.2) is 4.79 Å². The van der Waals surface area contributed by atoms with Gasteiger partial charge in [-0.2, -0.15) is 0 Å². The fourth-order valence-electron chi connectivity index (χ4n) is 6.51. The van der Waals surface area contributed by atoms with E-state index in [2.05, 4.69) is 10.2 Å². The number of carbonyl (C=O) groups excluding carboxylic acids is 3. The van der Waals surface area contributed by atoms with Crippen LogP contribution >= 0.6 is 23.2 Å². The lowest BCUT2D eigenvalue weighted by Gasteiger charge is -2.46. The first-order chi connectivity index (χ1) is 20.0. The fraction of sp³-hybridized carbons (Fsp3) is 0.531. The highest BCUT2D eigenvalue weighted by atomic mass is 35.5. The number of hydrogen-bond donors (Lipinski definition) is 1. The summed E-state index contributed by atoms with van der Waals surface area (Å²) in [7, 11) is 0. The zero-order valence-corrected chi connectivity index (χ0v) is 26.1. The van der Waals surface area contributed by atoms with Gasteiger partial charge in [0.25, 0.3) is 0 Å². The first kappa shape index (κ1) is 30.6. The Balaban J connectivity index is 1.46. The highest BCUT2D eigenvalue weighted by Crippen LogP contribution is 2.46. The van der Waals surface area contributed by atoms with E-state index in [1.807, 2.05) is 57.2 Å². The quantitative estimate of drug-likeness (QED) is 0.425. The molecule has 5 rings (SSSR count). The zero-order valence-electron chi connectivity index (χ0n) is 24.6. The van der Waals surface area contributed by atoms with Crippen LogP contribution in [-0.2, 0) is 26.3 Å². The normalized spacial score (nSPS) is 21.3. The summed E-state index contributed by atoms with van der Waals surface area (Å²) in [5.41, 5.74) is 0.726. The van der Waals surface area contributed by atoms with Crippen molar-refractivity contribution < 1.29 is 19.1 Å². The van der Waals surface area contributed by atoms with Crippen molar-refractivity contribution in [1.29, 1.82) is 0 Å². The molecule has 3 aliphatic rings. The van der Waals surface area contributed by atoms with Gasteiger partial charge in [0.15, 0.2) is 0 Å². The maximum Gasteiger partial charge on any atom is 0.410 e. The molecule has 3 amide bonds. The molecule has 42 heavy (non-hydrogen) atoms. The first-order valence-electron chi connectivity index (χ1n) is 14.8. The Hall–Kier alpha value is -2.81. The number of nitrogens with one attached hydrogen (secondary N) is 1. The minimum atomic E-state index is -1.11. The van der Waals surface area contributed by atoms with Crippen LogP contribution in [0.3, 0.4) is 0 Å². The molecule has 10 heteroatoms. The summed E-state index contributed by atoms with van der Waals surface area (Å²) in [6.07, 6.45) is 5.06. The van der Waals surface area contributed by atoms with Crippen LogP contribution in [-0.4, -0.2) is 77.0 Å². The van der Waals surface area contributed by atoms with Gasteiger partial charge in [-0.05, 0) is 63.4 Å². The van der Waals surface area contributed by atoms with E-state index in [0.717, 1.165) is 43.2 Å². The van der Waals surface area contributed by atoms with E-state index in [9.17, 15) is 14.4 Å². The number of carbonyl (C=O) groups is 3. The van der Waals surface area contributed by atoms with Crippen molar-refractivity contribution in [2.75, 3.05) is 38.0 Å². The lowest BCUT2D eigenvalue weighted by Crippen LogP contribution is -2.61. The Morgan fingerprint density at radius 3 is 2.31 bits per heavy atom. The van der Waals surface area contributed by atoms with Crippen LogP contribution in [0.2, 0.25) is 10.0 Å². The minimum Gasteiger partial charge on any atom is -0.444 e. The summed E-state index contributed by atoms with van der Waals surface area (Å²) >= 11 is 12.7. The lowest BCUT2D eigenvalue weighted by atomic mass is 9.80. The van der Waals surface area contributed by atoms with E-state index in [1.165, 1.54) is 0 Å². The zero-order chi connectivity index (χ0) is 30.1. The van der Waals surface area contributed by atoms with Crippen molar-refractivity contribution in [3.8, 4) is 0 Å². The number of rotatable bonds is 6. The predicted molar refractivity (Wildman–Crippen MR) is 165 cm³/mol. The molecule has 1 N–H and O–H groups in total. The summed E-state index contributed by atoms with van der Waals surface area (Å²) in [5, 5.41) is 4.23. The van der Waals surface area contributed by atoms with Crippen molar-refractivity contribution >= 4 is 46.8 Å². The van der Waals surface area contributed by atoms with E-state index in [0.29, 0.717) is 48.3 Å². The monoisotopic (exact) mass is 614 g/mol. The largest absolute Gasteiger partial charge is 0.444 e. The Kier molecular flexibility index (Phi) is 9.07. The molecule has 0 bridgehead atoms. The van der Waals surface area contributed by atoms with Gasteiger partial charge in [0.1, 0.15) is 11.1 Å². The molecule has 1 aliphatic carbocycles. The standard InChI is InChI=1S/C32H40Cl2N4O4/c1-31(2,3)42-30(41)37-16-14-36(15-17-37)28(39)21-38(25-10-5-4-6-11-25)32(20-22-8-7-9-23(33)18-22)26-13-12-24(34)19-27(26)35-29(32)40/h7-9,12-13,18-19,25H,4-6,10-11,14-17,20-21H2,1-3H3,(H,35,40). The second-order valence-electron chi connectivity index (χ2n) is 12.6. The number of amides is 3. The van der Waals surface area contributed by atoms with Crippen LogP contribution in [0.15, 0.2) is 42.5 Å². The number of hydrogen-bond acceptors (Lipinski definition) is 5. The van der Waals surface area contributed by atoms with Gasteiger partial charge >= 0.3 is 6.09 Å². The average molecular weight is 616 g/mol. The van der Waals surface area contributed by atoms with Crippen molar-refractivity contribution in [3.05, 3.63) is 63.6 Å². The van der Waals surface area contributed by atoms with Crippen molar-refractivity contribution in [3.63, 3.8) is 0 Å². The Morgan fingerprint density at radius 2 is 1.64 bits per heavy atom. The Bertz CT molecular complexity index is 1330. The number of ether oxygens (including phenoxy) is 1. The number of piperazine rings is 1. The molecule has 226 valence electrons. The number of anilines is 1. The smallest absolute Gasteiger partial charge is 0.410 e. The van der Waals surface area contributed by atoms with Crippen molar-refractivity contribution in [2.45, 2.75) is 76.5 Å². The van der Waals surface area contributed by atoms with E-state index in [4.69, 9.17) is 27.9 Å². The first-order valence-corrected chi connectivity index (χ1v) is 15.6. The highest BCUT2D eigenvalue weighted by molar-refractivity contribution is 6.31. The molecular formula is C32H40Cl2N4O4. The molecule has 2 aromatic rings. The van der Waals surface area contributed by atoms with E-state index in [-0.39, 0.29) is 30.5 Å². The maximum atomic E-state index is 14.2. The van der Waals surface area contributed by atoms with E-state index in [1.54, 1.807) is 15.9 Å². The van der Waals surface area contributed by atoms with Crippen LogP contribution in [0.1, 0.15) is 64.0 Å². The van der Waals surface area contributed by atoms with Gasteiger partial charge in [0.05, 0.1) is 6.54 Å².